The number of nitrogens with zero attached hydrogens (tertiary/aromatic N) is 3. The van der Waals surface area contributed by atoms with Gasteiger partial charge in [-0.2, -0.15) is 4.99 Å². The Labute approximate surface area is 68.1 Å². The summed E-state index contributed by atoms with van der Waals surface area (Å²) < 4.78 is 4.58. The molecule has 0 atom stereocenters. The predicted molar refractivity (Wildman–Crippen MR) is 36.8 cm³/mol. The van der Waals surface area contributed by atoms with Crippen LogP contribution in [-0.2, 0) is 4.74 Å². The van der Waals surface area contributed by atoms with Crippen molar-refractivity contribution >= 4 is 16.9 Å². The molecule has 5 nitrogen and oxygen atoms in total. The van der Waals surface area contributed by atoms with Crippen LogP contribution in [0.5, 0.6) is 0 Å². The van der Waals surface area contributed by atoms with Gasteiger partial charge >= 0.3 is 0 Å². The highest BCUT2D eigenvalue weighted by Gasteiger charge is 2.05. The monoisotopic (exact) mass is 174 g/mol. The van der Waals surface area contributed by atoms with E-state index in [0.29, 0.717) is 0 Å². The van der Waals surface area contributed by atoms with Crippen LogP contribution < -0.4 is 5.11 Å². The first-order chi connectivity index (χ1) is 5.24. The van der Waals surface area contributed by atoms with Crippen molar-refractivity contribution in [1.82, 2.24) is 0 Å². The van der Waals surface area contributed by atoms with Crippen LogP contribution in [0.2, 0.25) is 0 Å². The molecule has 0 aromatic heterocycles. The molecule has 6 heteroatoms. The van der Waals surface area contributed by atoms with Gasteiger partial charge in [-0.25, -0.2) is 0 Å². The van der Waals surface area contributed by atoms with Crippen LogP contribution in [0.25, 0.3) is 0 Å². The van der Waals surface area contributed by atoms with E-state index < -0.39 is 5.95 Å². The molecular formula is C5H5ClN3O2-. The maximum absolute atomic E-state index is 10.8. The number of hydrogen-bond donors (Lipinski definition) is 0. The average molecular weight is 175 g/mol. The molecule has 0 bridgehead atoms. The largest absolute Gasteiger partial charge is 0.611 e. The molecule has 0 fully saturated rings. The average Bonchev–Trinajstić information content (AvgIpc) is 2.36. The zero-order valence-electron chi connectivity index (χ0n) is 5.74. The van der Waals surface area contributed by atoms with Crippen LogP contribution >= 0.6 is 11.6 Å². The number of azo groups is 1. The molecule has 0 spiro atoms. The van der Waals surface area contributed by atoms with Crippen molar-refractivity contribution in [1.29, 1.82) is 0 Å². The second kappa shape index (κ2) is 3.34. The molecular weight excluding hydrogens is 170 g/mol. The smallest absolute Gasteiger partial charge is 0.245 e. The standard InChI is InChI=1S/C5H6ClN3O2/c1-2-11-4(10)3-7-5(6)9-8-3/h10H,2H2,1H3/p-1. The van der Waals surface area contributed by atoms with E-state index in [1.165, 1.54) is 0 Å². The molecule has 0 saturated carbocycles. The summed E-state index contributed by atoms with van der Waals surface area (Å²) >= 11 is 5.31. The normalized spacial score (nSPS) is 20.0. The lowest BCUT2D eigenvalue weighted by molar-refractivity contribution is -0.358. The Kier molecular flexibility index (Phi) is 2.43. The molecule has 0 radical (unpaired) electrons. The third-order valence-corrected chi connectivity index (χ3v) is 1.04. The topological polar surface area (TPSA) is 69.4 Å². The van der Waals surface area contributed by atoms with Gasteiger partial charge in [-0.15, -0.1) is 10.2 Å². The fourth-order valence-electron chi connectivity index (χ4n) is 0.503. The zero-order valence-corrected chi connectivity index (χ0v) is 6.50. The van der Waals surface area contributed by atoms with E-state index in [4.69, 9.17) is 11.6 Å². The molecule has 1 rings (SSSR count). The van der Waals surface area contributed by atoms with Gasteiger partial charge in [0.25, 0.3) is 0 Å². The van der Waals surface area contributed by atoms with Crippen molar-refractivity contribution in [3.8, 4) is 0 Å². The minimum Gasteiger partial charge on any atom is -0.611 e. The summed E-state index contributed by atoms with van der Waals surface area (Å²) in [4.78, 5) is 3.50. The summed E-state index contributed by atoms with van der Waals surface area (Å²) in [6.45, 7) is 1.97. The fraction of sp³-hybridized carbons (Fsp3) is 0.400. The Morgan fingerprint density at radius 2 is 2.36 bits per heavy atom. The van der Waals surface area contributed by atoms with Crippen LogP contribution in [-0.4, -0.2) is 11.9 Å². The molecule has 11 heavy (non-hydrogen) atoms. The summed E-state index contributed by atoms with van der Waals surface area (Å²) in [6.07, 6.45) is 0. The van der Waals surface area contributed by atoms with E-state index >= 15 is 0 Å². The van der Waals surface area contributed by atoms with E-state index in [2.05, 4.69) is 20.0 Å². The van der Waals surface area contributed by atoms with Gasteiger partial charge in [-0.3, -0.25) is 0 Å². The van der Waals surface area contributed by atoms with Gasteiger partial charge in [0.1, 0.15) is 0 Å². The molecule has 0 amide bonds. The molecule has 1 aliphatic heterocycles. The van der Waals surface area contributed by atoms with Crippen LogP contribution in [0.15, 0.2) is 27.0 Å². The lowest BCUT2D eigenvalue weighted by atomic mass is 10.7. The Morgan fingerprint density at radius 1 is 1.64 bits per heavy atom. The van der Waals surface area contributed by atoms with Crippen molar-refractivity contribution < 1.29 is 9.84 Å². The van der Waals surface area contributed by atoms with E-state index in [1.54, 1.807) is 6.92 Å². The quantitative estimate of drug-likeness (QED) is 0.454. The second-order valence-corrected chi connectivity index (χ2v) is 1.96. The van der Waals surface area contributed by atoms with Crippen LogP contribution in [0.1, 0.15) is 6.92 Å². The number of rotatable bonds is 2. The third kappa shape index (κ3) is 1.91. The van der Waals surface area contributed by atoms with E-state index in [9.17, 15) is 5.11 Å². The van der Waals surface area contributed by atoms with E-state index in [1.807, 2.05) is 0 Å². The van der Waals surface area contributed by atoms with Gasteiger partial charge in [-0.05, 0) is 18.2 Å². The van der Waals surface area contributed by atoms with Gasteiger partial charge in [0.2, 0.25) is 5.29 Å². The summed E-state index contributed by atoms with van der Waals surface area (Å²) in [5.74, 6) is -0.705. The highest BCUT2D eigenvalue weighted by molar-refractivity contribution is 6.65. The molecule has 0 unspecified atom stereocenters. The number of hydrogen-bond acceptors (Lipinski definition) is 5. The van der Waals surface area contributed by atoms with Gasteiger partial charge in [0, 0.05) is 0 Å². The predicted octanol–water partition coefficient (Wildman–Crippen LogP) is 0.570. The first kappa shape index (κ1) is 8.00. The summed E-state index contributed by atoms with van der Waals surface area (Å²) in [5, 5.41) is 17.5. The number of halogens is 1. The van der Waals surface area contributed by atoms with Crippen LogP contribution in [0.3, 0.4) is 0 Å². The molecule has 0 aliphatic carbocycles. The molecule has 0 aromatic carbocycles. The lowest BCUT2D eigenvalue weighted by Crippen LogP contribution is -2.09. The highest BCUT2D eigenvalue weighted by atomic mass is 35.5. The number of amidine groups is 1. The summed E-state index contributed by atoms with van der Waals surface area (Å²) in [7, 11) is 0. The second-order valence-electron chi connectivity index (χ2n) is 1.62. The molecule has 0 saturated heterocycles. The van der Waals surface area contributed by atoms with Gasteiger partial charge < -0.3 is 9.84 Å². The number of ether oxygens (including phenoxy) is 1. The van der Waals surface area contributed by atoms with E-state index in [0.717, 1.165) is 0 Å². The lowest BCUT2D eigenvalue weighted by Gasteiger charge is -2.11. The summed E-state index contributed by atoms with van der Waals surface area (Å²) in [6, 6.07) is 0. The fourth-order valence-corrected chi connectivity index (χ4v) is 0.621. The van der Waals surface area contributed by atoms with Gasteiger partial charge in [-0.1, -0.05) is 6.92 Å². The van der Waals surface area contributed by atoms with E-state index in [-0.39, 0.29) is 17.7 Å². The maximum atomic E-state index is 10.8. The Hall–Kier alpha value is -1.10. The van der Waals surface area contributed by atoms with Crippen LogP contribution in [0, 0.1) is 0 Å². The number of aliphatic imine (C=N–C) groups is 1. The Bertz CT molecular complexity index is 246. The first-order valence-corrected chi connectivity index (χ1v) is 3.32. The van der Waals surface area contributed by atoms with Crippen molar-refractivity contribution in [2.24, 2.45) is 15.2 Å². The van der Waals surface area contributed by atoms with Gasteiger partial charge in [0.15, 0.2) is 5.82 Å². The minimum absolute atomic E-state index is 0.0481. The van der Waals surface area contributed by atoms with Crippen molar-refractivity contribution in [2.45, 2.75) is 6.92 Å². The molecule has 60 valence electrons. The minimum atomic E-state index is -0.605. The third-order valence-electron chi connectivity index (χ3n) is 0.883. The maximum Gasteiger partial charge on any atom is 0.245 e. The van der Waals surface area contributed by atoms with Crippen molar-refractivity contribution in [3.63, 3.8) is 0 Å². The van der Waals surface area contributed by atoms with Crippen LogP contribution in [0.4, 0.5) is 0 Å². The first-order valence-electron chi connectivity index (χ1n) is 2.94. The Morgan fingerprint density at radius 3 is 2.82 bits per heavy atom. The zero-order chi connectivity index (χ0) is 8.27. The van der Waals surface area contributed by atoms with Gasteiger partial charge in [0.05, 0.1) is 5.95 Å². The van der Waals surface area contributed by atoms with Crippen molar-refractivity contribution in [3.05, 3.63) is 11.8 Å². The summed E-state index contributed by atoms with van der Waals surface area (Å²) in [5.41, 5.74) is 0. The molecule has 1 heterocycles. The molecule has 1 aliphatic rings. The highest BCUT2D eigenvalue weighted by Crippen LogP contribution is 2.13. The SMILES string of the molecule is CCOC([O-])=C1N=NC(Cl)=N1. The Balaban J connectivity index is 2.74. The molecule has 0 N–H and O–H groups in total. The molecule has 0 aromatic rings. The van der Waals surface area contributed by atoms with Crippen molar-refractivity contribution in [2.75, 3.05) is 6.61 Å².